The number of aliphatic hydroxyl groups excluding tert-OH is 1. The maximum Gasteiger partial charge on any atom is 0.0587 e. The van der Waals surface area contributed by atoms with Gasteiger partial charge in [0, 0.05) is 6.04 Å². The van der Waals surface area contributed by atoms with E-state index in [4.69, 9.17) is 0 Å². The van der Waals surface area contributed by atoms with Crippen LogP contribution in [-0.4, -0.2) is 24.3 Å². The molecule has 0 radical (unpaired) electrons. The van der Waals surface area contributed by atoms with Gasteiger partial charge in [-0.1, -0.05) is 48.9 Å². The molecule has 3 atom stereocenters. The van der Waals surface area contributed by atoms with Crippen LogP contribution < -0.4 is 5.32 Å². The van der Waals surface area contributed by atoms with E-state index in [1.165, 1.54) is 24.0 Å². The van der Waals surface area contributed by atoms with Crippen LogP contribution in [0.15, 0.2) is 42.0 Å². The molecule has 0 bridgehead atoms. The summed E-state index contributed by atoms with van der Waals surface area (Å²) in [5.41, 5.74) is 2.80. The molecule has 0 heterocycles. The van der Waals surface area contributed by atoms with E-state index in [0.29, 0.717) is 11.8 Å². The Bertz CT molecular complexity index is 426. The van der Waals surface area contributed by atoms with E-state index in [1.807, 2.05) is 6.07 Å². The third-order valence-electron chi connectivity index (χ3n) is 4.13. The number of aliphatic hydroxyl groups is 1. The van der Waals surface area contributed by atoms with Crippen molar-refractivity contribution in [2.45, 2.75) is 39.2 Å². The van der Waals surface area contributed by atoms with Crippen LogP contribution in [0.3, 0.4) is 0 Å². The van der Waals surface area contributed by atoms with E-state index >= 15 is 0 Å². The maximum absolute atomic E-state index is 9.55. The van der Waals surface area contributed by atoms with E-state index in [0.717, 1.165) is 13.0 Å². The molecule has 20 heavy (non-hydrogen) atoms. The Kier molecular flexibility index (Phi) is 5.81. The van der Waals surface area contributed by atoms with E-state index in [2.05, 4.69) is 49.5 Å². The summed E-state index contributed by atoms with van der Waals surface area (Å²) in [6.07, 6.45) is 5.74. The van der Waals surface area contributed by atoms with E-state index < -0.39 is 0 Å². The van der Waals surface area contributed by atoms with Crippen LogP contribution in [0.2, 0.25) is 0 Å². The summed E-state index contributed by atoms with van der Waals surface area (Å²) in [7, 11) is 0. The lowest BCUT2D eigenvalue weighted by molar-refractivity contribution is 0.232. The monoisotopic (exact) mass is 273 g/mol. The fraction of sp³-hybridized carbons (Fsp3) is 0.556. The number of benzene rings is 1. The molecule has 2 rings (SSSR count). The largest absolute Gasteiger partial charge is 0.395 e. The summed E-state index contributed by atoms with van der Waals surface area (Å²) >= 11 is 0. The van der Waals surface area contributed by atoms with Gasteiger partial charge in [-0.05, 0) is 50.1 Å². The van der Waals surface area contributed by atoms with Crippen molar-refractivity contribution in [2.75, 3.05) is 13.2 Å². The number of rotatable bonds is 6. The standard InChI is InChI=1S/C18H27NO/c1-14-8-15(2)10-17(9-14)12-19-18(13-20)11-16-6-4-3-5-7-16/h3-8,14,17-20H,9-13H2,1-2H3/t14?,17?,18-/m0/s1. The highest BCUT2D eigenvalue weighted by atomic mass is 16.3. The Balaban J connectivity index is 1.81. The molecule has 0 spiro atoms. The third-order valence-corrected chi connectivity index (χ3v) is 4.13. The summed E-state index contributed by atoms with van der Waals surface area (Å²) in [5, 5.41) is 13.1. The predicted molar refractivity (Wildman–Crippen MR) is 84.7 cm³/mol. The molecule has 0 aromatic heterocycles. The molecular weight excluding hydrogens is 246 g/mol. The second kappa shape index (κ2) is 7.61. The first kappa shape index (κ1) is 15.3. The van der Waals surface area contributed by atoms with Crippen LogP contribution in [0.1, 0.15) is 32.3 Å². The minimum Gasteiger partial charge on any atom is -0.395 e. The van der Waals surface area contributed by atoms with Crippen LogP contribution in [0.4, 0.5) is 0 Å². The zero-order valence-electron chi connectivity index (χ0n) is 12.7. The van der Waals surface area contributed by atoms with Crippen molar-refractivity contribution in [3.05, 3.63) is 47.5 Å². The molecule has 0 saturated heterocycles. The second-order valence-corrected chi connectivity index (χ2v) is 6.27. The molecule has 2 nitrogen and oxygen atoms in total. The smallest absolute Gasteiger partial charge is 0.0587 e. The second-order valence-electron chi connectivity index (χ2n) is 6.27. The molecule has 0 fully saturated rings. The van der Waals surface area contributed by atoms with Gasteiger partial charge in [-0.25, -0.2) is 0 Å². The van der Waals surface area contributed by atoms with Crippen molar-refractivity contribution in [3.63, 3.8) is 0 Å². The summed E-state index contributed by atoms with van der Waals surface area (Å²) in [6, 6.07) is 10.6. The highest BCUT2D eigenvalue weighted by molar-refractivity contribution is 5.16. The Morgan fingerprint density at radius 1 is 1.30 bits per heavy atom. The lowest BCUT2D eigenvalue weighted by Crippen LogP contribution is -2.38. The predicted octanol–water partition coefficient (Wildman–Crippen LogP) is 3.17. The summed E-state index contributed by atoms with van der Waals surface area (Å²) < 4.78 is 0. The molecule has 0 amide bonds. The van der Waals surface area contributed by atoms with E-state index in [9.17, 15) is 5.11 Å². The van der Waals surface area contributed by atoms with Crippen molar-refractivity contribution < 1.29 is 5.11 Å². The molecule has 1 aromatic rings. The van der Waals surface area contributed by atoms with Gasteiger partial charge in [0.1, 0.15) is 0 Å². The van der Waals surface area contributed by atoms with Crippen LogP contribution in [0, 0.1) is 11.8 Å². The first-order valence-corrected chi connectivity index (χ1v) is 7.73. The van der Waals surface area contributed by atoms with Crippen LogP contribution in [0.25, 0.3) is 0 Å². The summed E-state index contributed by atoms with van der Waals surface area (Å²) in [6.45, 7) is 5.73. The molecule has 110 valence electrons. The maximum atomic E-state index is 9.55. The number of hydrogen-bond acceptors (Lipinski definition) is 2. The normalized spacial score (nSPS) is 24.2. The Morgan fingerprint density at radius 3 is 2.70 bits per heavy atom. The number of nitrogens with one attached hydrogen (secondary N) is 1. The Labute approximate surface area is 122 Å². The van der Waals surface area contributed by atoms with Crippen LogP contribution >= 0.6 is 0 Å². The zero-order chi connectivity index (χ0) is 14.4. The van der Waals surface area contributed by atoms with Gasteiger partial charge in [0.15, 0.2) is 0 Å². The molecule has 1 aliphatic carbocycles. The summed E-state index contributed by atoms with van der Waals surface area (Å²) in [5.74, 6) is 1.40. The number of allylic oxidation sites excluding steroid dienone is 2. The average Bonchev–Trinajstić information content (AvgIpc) is 2.43. The third kappa shape index (κ3) is 4.77. The Hall–Kier alpha value is -1.12. The minimum absolute atomic E-state index is 0.166. The minimum atomic E-state index is 0.166. The van der Waals surface area contributed by atoms with Gasteiger partial charge < -0.3 is 10.4 Å². The molecule has 0 saturated carbocycles. The lowest BCUT2D eigenvalue weighted by Gasteiger charge is -2.27. The van der Waals surface area contributed by atoms with Crippen molar-refractivity contribution in [2.24, 2.45) is 11.8 Å². The van der Waals surface area contributed by atoms with Crippen molar-refractivity contribution in [1.82, 2.24) is 5.32 Å². The summed E-state index contributed by atoms with van der Waals surface area (Å²) in [4.78, 5) is 0. The molecule has 2 heteroatoms. The van der Waals surface area contributed by atoms with Gasteiger partial charge >= 0.3 is 0 Å². The van der Waals surface area contributed by atoms with E-state index in [1.54, 1.807) is 0 Å². The van der Waals surface area contributed by atoms with Crippen molar-refractivity contribution >= 4 is 0 Å². The topological polar surface area (TPSA) is 32.3 Å². The average molecular weight is 273 g/mol. The Morgan fingerprint density at radius 2 is 2.05 bits per heavy atom. The molecule has 0 aliphatic heterocycles. The number of hydrogen-bond donors (Lipinski definition) is 2. The first-order chi connectivity index (χ1) is 9.67. The molecule has 1 aliphatic rings. The van der Waals surface area contributed by atoms with Gasteiger partial charge in [-0.3, -0.25) is 0 Å². The molecular formula is C18H27NO. The lowest BCUT2D eigenvalue weighted by atomic mass is 9.83. The SMILES string of the molecule is CC1=CC(C)CC(CN[C@H](CO)Cc2ccccc2)C1. The van der Waals surface area contributed by atoms with Crippen LogP contribution in [0.5, 0.6) is 0 Å². The quantitative estimate of drug-likeness (QED) is 0.780. The van der Waals surface area contributed by atoms with Gasteiger partial charge in [0.25, 0.3) is 0 Å². The fourth-order valence-electron chi connectivity index (χ4n) is 3.27. The first-order valence-electron chi connectivity index (χ1n) is 7.73. The van der Waals surface area contributed by atoms with Crippen molar-refractivity contribution in [1.29, 1.82) is 0 Å². The van der Waals surface area contributed by atoms with Gasteiger partial charge in [-0.2, -0.15) is 0 Å². The van der Waals surface area contributed by atoms with E-state index in [-0.39, 0.29) is 12.6 Å². The molecule has 2 N–H and O–H groups in total. The molecule has 1 aromatic carbocycles. The van der Waals surface area contributed by atoms with Crippen LogP contribution in [-0.2, 0) is 6.42 Å². The van der Waals surface area contributed by atoms with Gasteiger partial charge in [0.2, 0.25) is 0 Å². The van der Waals surface area contributed by atoms with Gasteiger partial charge in [-0.15, -0.1) is 0 Å². The zero-order valence-corrected chi connectivity index (χ0v) is 12.7. The highest BCUT2D eigenvalue weighted by Crippen LogP contribution is 2.27. The highest BCUT2D eigenvalue weighted by Gasteiger charge is 2.19. The van der Waals surface area contributed by atoms with Crippen molar-refractivity contribution in [3.8, 4) is 0 Å². The van der Waals surface area contributed by atoms with Gasteiger partial charge in [0.05, 0.1) is 6.61 Å². The fourth-order valence-corrected chi connectivity index (χ4v) is 3.27. The molecule has 2 unspecified atom stereocenters.